The van der Waals surface area contributed by atoms with Crippen LogP contribution in [0.3, 0.4) is 0 Å². The third-order valence-electron chi connectivity index (χ3n) is 4.44. The van der Waals surface area contributed by atoms with E-state index in [-0.39, 0.29) is 0 Å². The van der Waals surface area contributed by atoms with E-state index in [4.69, 9.17) is 4.98 Å². The smallest absolute Gasteiger partial charge is 0.185 e. The fourth-order valence-corrected chi connectivity index (χ4v) is 4.00. The molecule has 2 heterocycles. The predicted octanol–water partition coefficient (Wildman–Crippen LogP) is 2.73. The molecular weight excluding hydrogens is 280 g/mol. The van der Waals surface area contributed by atoms with Gasteiger partial charge in [-0.25, -0.2) is 4.98 Å². The SMILES string of the molecule is CCCNCc1sc(N2CC(C)N(C)C(C)C2)nc1CC. The van der Waals surface area contributed by atoms with Gasteiger partial charge in [-0.3, -0.25) is 4.90 Å². The topological polar surface area (TPSA) is 31.4 Å². The summed E-state index contributed by atoms with van der Waals surface area (Å²) in [6, 6.07) is 1.17. The summed E-state index contributed by atoms with van der Waals surface area (Å²) in [5.74, 6) is 0. The zero-order valence-electron chi connectivity index (χ0n) is 14.1. The van der Waals surface area contributed by atoms with Crippen molar-refractivity contribution < 1.29 is 0 Å². The Kier molecular flexibility index (Phi) is 6.02. The first kappa shape index (κ1) is 16.7. The molecule has 1 aliphatic rings. The number of aryl methyl sites for hydroxylation is 1. The highest BCUT2D eigenvalue weighted by Crippen LogP contribution is 2.29. The van der Waals surface area contributed by atoms with Crippen LogP contribution in [0.15, 0.2) is 0 Å². The Bertz CT molecular complexity index is 433. The monoisotopic (exact) mass is 310 g/mol. The zero-order chi connectivity index (χ0) is 15.4. The second-order valence-electron chi connectivity index (χ2n) is 6.17. The maximum Gasteiger partial charge on any atom is 0.185 e. The average molecular weight is 311 g/mol. The molecule has 1 aromatic rings. The molecule has 1 N–H and O–H groups in total. The van der Waals surface area contributed by atoms with E-state index in [1.54, 1.807) is 0 Å². The van der Waals surface area contributed by atoms with E-state index in [1.165, 1.54) is 22.1 Å². The van der Waals surface area contributed by atoms with Crippen LogP contribution in [0.5, 0.6) is 0 Å². The van der Waals surface area contributed by atoms with Gasteiger partial charge in [0.1, 0.15) is 0 Å². The Hall–Kier alpha value is -0.650. The maximum atomic E-state index is 4.91. The molecule has 4 nitrogen and oxygen atoms in total. The van der Waals surface area contributed by atoms with Gasteiger partial charge in [-0.2, -0.15) is 0 Å². The molecule has 21 heavy (non-hydrogen) atoms. The van der Waals surface area contributed by atoms with Gasteiger partial charge in [0.2, 0.25) is 0 Å². The molecule has 1 aliphatic heterocycles. The Morgan fingerprint density at radius 2 is 1.90 bits per heavy atom. The Morgan fingerprint density at radius 1 is 1.24 bits per heavy atom. The van der Waals surface area contributed by atoms with Gasteiger partial charge in [-0.15, -0.1) is 11.3 Å². The first-order valence-electron chi connectivity index (χ1n) is 8.22. The van der Waals surface area contributed by atoms with Gasteiger partial charge in [0.15, 0.2) is 5.13 Å². The third kappa shape index (κ3) is 3.96. The average Bonchev–Trinajstić information content (AvgIpc) is 2.88. The molecule has 0 spiro atoms. The van der Waals surface area contributed by atoms with Crippen LogP contribution in [-0.2, 0) is 13.0 Å². The molecule has 120 valence electrons. The minimum Gasteiger partial charge on any atom is -0.345 e. The first-order chi connectivity index (χ1) is 10.1. The molecular formula is C16H30N4S. The molecule has 1 saturated heterocycles. The van der Waals surface area contributed by atoms with Crippen LogP contribution in [0.4, 0.5) is 5.13 Å². The molecule has 1 aromatic heterocycles. The number of hydrogen-bond acceptors (Lipinski definition) is 5. The molecule has 2 unspecified atom stereocenters. The van der Waals surface area contributed by atoms with E-state index in [0.29, 0.717) is 12.1 Å². The first-order valence-corrected chi connectivity index (χ1v) is 9.04. The fraction of sp³-hybridized carbons (Fsp3) is 0.812. The molecule has 0 aromatic carbocycles. The van der Waals surface area contributed by atoms with E-state index >= 15 is 0 Å². The number of thiazole rings is 1. The second-order valence-corrected chi connectivity index (χ2v) is 7.23. The van der Waals surface area contributed by atoms with E-state index in [1.807, 2.05) is 11.3 Å². The van der Waals surface area contributed by atoms with Crippen LogP contribution in [0.1, 0.15) is 44.7 Å². The highest BCUT2D eigenvalue weighted by atomic mass is 32.1. The second kappa shape index (κ2) is 7.56. The standard InChI is InChI=1S/C16H30N4S/c1-6-8-17-9-15-14(7-2)18-16(21-15)20-10-12(3)19(5)13(4)11-20/h12-13,17H,6-11H2,1-5H3. The lowest BCUT2D eigenvalue weighted by Crippen LogP contribution is -2.55. The number of anilines is 1. The van der Waals surface area contributed by atoms with Crippen molar-refractivity contribution in [3.63, 3.8) is 0 Å². The summed E-state index contributed by atoms with van der Waals surface area (Å²) in [7, 11) is 2.23. The summed E-state index contributed by atoms with van der Waals surface area (Å²) in [5, 5.41) is 4.73. The van der Waals surface area contributed by atoms with E-state index in [9.17, 15) is 0 Å². The van der Waals surface area contributed by atoms with Crippen molar-refractivity contribution in [2.75, 3.05) is 31.6 Å². The molecule has 0 amide bonds. The highest BCUT2D eigenvalue weighted by Gasteiger charge is 2.28. The minimum atomic E-state index is 0.587. The number of rotatable bonds is 6. The number of nitrogens with zero attached hydrogens (tertiary/aromatic N) is 3. The molecule has 0 saturated carbocycles. The van der Waals surface area contributed by atoms with Gasteiger partial charge in [-0.1, -0.05) is 13.8 Å². The number of hydrogen-bond donors (Lipinski definition) is 1. The molecule has 1 fully saturated rings. The van der Waals surface area contributed by atoms with Crippen molar-refractivity contribution in [2.24, 2.45) is 0 Å². The van der Waals surface area contributed by atoms with Gasteiger partial charge in [-0.05, 0) is 40.3 Å². The predicted molar refractivity (Wildman–Crippen MR) is 92.4 cm³/mol. The van der Waals surface area contributed by atoms with Crippen LogP contribution < -0.4 is 10.2 Å². The van der Waals surface area contributed by atoms with Gasteiger partial charge in [0, 0.05) is 36.6 Å². The van der Waals surface area contributed by atoms with Crippen LogP contribution in [0.25, 0.3) is 0 Å². The Labute approximate surface area is 133 Å². The van der Waals surface area contributed by atoms with E-state index in [2.05, 4.69) is 49.9 Å². The number of aromatic nitrogens is 1. The van der Waals surface area contributed by atoms with Crippen molar-refractivity contribution in [3.8, 4) is 0 Å². The highest BCUT2D eigenvalue weighted by molar-refractivity contribution is 7.15. The molecule has 2 rings (SSSR count). The Morgan fingerprint density at radius 3 is 2.48 bits per heavy atom. The summed E-state index contributed by atoms with van der Waals surface area (Å²) in [5.41, 5.74) is 1.28. The molecule has 0 bridgehead atoms. The Balaban J connectivity index is 2.09. The summed E-state index contributed by atoms with van der Waals surface area (Å²) >= 11 is 1.88. The lowest BCUT2D eigenvalue weighted by molar-refractivity contribution is 0.170. The maximum absolute atomic E-state index is 4.91. The van der Waals surface area contributed by atoms with E-state index in [0.717, 1.165) is 32.6 Å². The van der Waals surface area contributed by atoms with Crippen LogP contribution in [0.2, 0.25) is 0 Å². The van der Waals surface area contributed by atoms with Crippen LogP contribution in [-0.4, -0.2) is 48.6 Å². The zero-order valence-corrected chi connectivity index (χ0v) is 15.0. The fourth-order valence-electron chi connectivity index (χ4n) is 2.86. The lowest BCUT2D eigenvalue weighted by atomic mass is 10.1. The van der Waals surface area contributed by atoms with Crippen molar-refractivity contribution in [2.45, 2.75) is 59.2 Å². The molecule has 0 aliphatic carbocycles. The van der Waals surface area contributed by atoms with Crippen LogP contribution in [0, 0.1) is 0 Å². The summed E-state index contributed by atoms with van der Waals surface area (Å²) in [4.78, 5) is 11.3. The minimum absolute atomic E-state index is 0.587. The molecule has 5 heteroatoms. The quantitative estimate of drug-likeness (QED) is 0.819. The van der Waals surface area contributed by atoms with Crippen LogP contribution >= 0.6 is 11.3 Å². The molecule has 0 radical (unpaired) electrons. The molecule has 2 atom stereocenters. The number of nitrogens with one attached hydrogen (secondary N) is 1. The largest absolute Gasteiger partial charge is 0.345 e. The van der Waals surface area contributed by atoms with Crippen molar-refractivity contribution in [3.05, 3.63) is 10.6 Å². The van der Waals surface area contributed by atoms with Crippen molar-refractivity contribution >= 4 is 16.5 Å². The van der Waals surface area contributed by atoms with E-state index < -0.39 is 0 Å². The van der Waals surface area contributed by atoms with Gasteiger partial charge in [0.25, 0.3) is 0 Å². The normalized spacial score (nSPS) is 23.8. The van der Waals surface area contributed by atoms with Crippen molar-refractivity contribution in [1.29, 1.82) is 0 Å². The lowest BCUT2D eigenvalue weighted by Gasteiger charge is -2.42. The third-order valence-corrected chi connectivity index (χ3v) is 5.60. The van der Waals surface area contributed by atoms with Gasteiger partial charge < -0.3 is 10.2 Å². The summed E-state index contributed by atoms with van der Waals surface area (Å²) < 4.78 is 0. The summed E-state index contributed by atoms with van der Waals surface area (Å²) in [6.07, 6.45) is 2.21. The number of likely N-dealkylation sites (N-methyl/N-ethyl adjacent to an activating group) is 1. The van der Waals surface area contributed by atoms with Gasteiger partial charge >= 0.3 is 0 Å². The number of piperazine rings is 1. The summed E-state index contributed by atoms with van der Waals surface area (Å²) in [6.45, 7) is 13.2. The van der Waals surface area contributed by atoms with Crippen molar-refractivity contribution in [1.82, 2.24) is 15.2 Å². The van der Waals surface area contributed by atoms with Gasteiger partial charge in [0.05, 0.1) is 5.69 Å².